The second-order valence-electron chi connectivity index (χ2n) is 2.79. The fourth-order valence-electron chi connectivity index (χ4n) is 0.891. The van der Waals surface area contributed by atoms with Crippen molar-refractivity contribution in [2.45, 2.75) is 13.3 Å². The number of pyridine rings is 1. The molecule has 0 aliphatic heterocycles. The predicted octanol–water partition coefficient (Wildman–Crippen LogP) is 1.15. The number of nitrogens with one attached hydrogen (secondary N) is 1. The van der Waals surface area contributed by atoms with Crippen molar-refractivity contribution >= 4 is 5.82 Å². The molecule has 0 fully saturated rings. The van der Waals surface area contributed by atoms with E-state index >= 15 is 0 Å². The molecule has 0 radical (unpaired) electrons. The molecule has 66 valence electrons. The van der Waals surface area contributed by atoms with Crippen LogP contribution in [0.25, 0.3) is 0 Å². The van der Waals surface area contributed by atoms with Crippen LogP contribution in [0.15, 0.2) is 18.3 Å². The lowest BCUT2D eigenvalue weighted by atomic mass is 10.3. The lowest BCUT2D eigenvalue weighted by Gasteiger charge is -2.03. The number of hydrogen-bond acceptors (Lipinski definition) is 3. The second kappa shape index (κ2) is 4.72. The molecule has 3 heteroatoms. The lowest BCUT2D eigenvalue weighted by Crippen LogP contribution is -2.09. The van der Waals surface area contributed by atoms with Crippen molar-refractivity contribution in [3.8, 4) is 0 Å². The third kappa shape index (κ3) is 2.88. The van der Waals surface area contributed by atoms with Gasteiger partial charge in [-0.05, 0) is 31.5 Å². The highest BCUT2D eigenvalue weighted by atomic mass is 15.0. The van der Waals surface area contributed by atoms with Gasteiger partial charge in [0.25, 0.3) is 0 Å². The van der Waals surface area contributed by atoms with E-state index in [0.717, 1.165) is 25.3 Å². The number of hydrogen-bond donors (Lipinski definition) is 2. The molecule has 1 heterocycles. The minimum atomic E-state index is 0.721. The standard InChI is InChI=1S/C9H15N3/c1-8-3-4-9(12-7-8)11-6-2-5-10/h3-4,7H,2,5-6,10H2,1H3,(H,11,12). The van der Waals surface area contributed by atoms with Gasteiger partial charge in [-0.25, -0.2) is 4.98 Å². The van der Waals surface area contributed by atoms with E-state index in [9.17, 15) is 0 Å². The Balaban J connectivity index is 2.37. The van der Waals surface area contributed by atoms with Gasteiger partial charge in [-0.15, -0.1) is 0 Å². The zero-order valence-electron chi connectivity index (χ0n) is 7.38. The molecular formula is C9H15N3. The van der Waals surface area contributed by atoms with Crippen LogP contribution in [0.1, 0.15) is 12.0 Å². The summed E-state index contributed by atoms with van der Waals surface area (Å²) in [6, 6.07) is 4.02. The number of nitrogens with zero attached hydrogens (tertiary/aromatic N) is 1. The van der Waals surface area contributed by atoms with Crippen LogP contribution in [-0.2, 0) is 0 Å². The quantitative estimate of drug-likeness (QED) is 0.658. The Hall–Kier alpha value is -1.09. The highest BCUT2D eigenvalue weighted by Gasteiger charge is 1.90. The molecule has 0 unspecified atom stereocenters. The summed E-state index contributed by atoms with van der Waals surface area (Å²) in [5.41, 5.74) is 6.54. The topological polar surface area (TPSA) is 50.9 Å². The fourth-order valence-corrected chi connectivity index (χ4v) is 0.891. The third-order valence-electron chi connectivity index (χ3n) is 1.60. The van der Waals surface area contributed by atoms with Crippen LogP contribution in [0.2, 0.25) is 0 Å². The van der Waals surface area contributed by atoms with Gasteiger partial charge in [0.1, 0.15) is 5.82 Å². The summed E-state index contributed by atoms with van der Waals surface area (Å²) in [5, 5.41) is 3.18. The summed E-state index contributed by atoms with van der Waals surface area (Å²) in [4.78, 5) is 4.20. The number of aryl methyl sites for hydroxylation is 1. The number of nitrogens with two attached hydrogens (primary N) is 1. The summed E-state index contributed by atoms with van der Waals surface area (Å²) in [6.07, 6.45) is 2.83. The molecule has 0 saturated carbocycles. The molecule has 0 saturated heterocycles. The summed E-state index contributed by atoms with van der Waals surface area (Å²) in [6.45, 7) is 3.64. The number of rotatable bonds is 4. The van der Waals surface area contributed by atoms with Crippen molar-refractivity contribution < 1.29 is 0 Å². The average molecular weight is 165 g/mol. The molecule has 0 aliphatic carbocycles. The van der Waals surface area contributed by atoms with Gasteiger partial charge >= 0.3 is 0 Å². The van der Waals surface area contributed by atoms with Gasteiger partial charge in [0.05, 0.1) is 0 Å². The molecule has 0 aliphatic rings. The van der Waals surface area contributed by atoms with Gasteiger partial charge in [0.15, 0.2) is 0 Å². The normalized spacial score (nSPS) is 9.83. The van der Waals surface area contributed by atoms with Crippen LogP contribution in [0.5, 0.6) is 0 Å². The molecule has 1 rings (SSSR count). The third-order valence-corrected chi connectivity index (χ3v) is 1.60. The average Bonchev–Trinajstić information content (AvgIpc) is 2.09. The van der Waals surface area contributed by atoms with E-state index in [1.165, 1.54) is 5.56 Å². The Labute approximate surface area is 73.0 Å². The highest BCUT2D eigenvalue weighted by Crippen LogP contribution is 2.02. The highest BCUT2D eigenvalue weighted by molar-refractivity contribution is 5.34. The Bertz CT molecular complexity index is 218. The van der Waals surface area contributed by atoms with E-state index in [4.69, 9.17) is 5.73 Å². The number of anilines is 1. The molecular weight excluding hydrogens is 150 g/mol. The van der Waals surface area contributed by atoms with E-state index in [1.54, 1.807) is 0 Å². The molecule has 0 bridgehead atoms. The summed E-state index contributed by atoms with van der Waals surface area (Å²) in [7, 11) is 0. The fraction of sp³-hybridized carbons (Fsp3) is 0.444. The van der Waals surface area contributed by atoms with Gasteiger partial charge in [-0.1, -0.05) is 6.07 Å². The Morgan fingerprint density at radius 1 is 1.50 bits per heavy atom. The van der Waals surface area contributed by atoms with Gasteiger partial charge in [-0.2, -0.15) is 0 Å². The maximum Gasteiger partial charge on any atom is 0.125 e. The molecule has 12 heavy (non-hydrogen) atoms. The maximum atomic E-state index is 5.36. The van der Waals surface area contributed by atoms with Crippen LogP contribution in [-0.4, -0.2) is 18.1 Å². The summed E-state index contributed by atoms with van der Waals surface area (Å²) < 4.78 is 0. The van der Waals surface area contributed by atoms with Gasteiger partial charge in [0.2, 0.25) is 0 Å². The largest absolute Gasteiger partial charge is 0.370 e. The van der Waals surface area contributed by atoms with E-state index in [-0.39, 0.29) is 0 Å². The summed E-state index contributed by atoms with van der Waals surface area (Å²) >= 11 is 0. The van der Waals surface area contributed by atoms with Gasteiger partial charge in [0, 0.05) is 12.7 Å². The van der Waals surface area contributed by atoms with Crippen molar-refractivity contribution in [3.63, 3.8) is 0 Å². The van der Waals surface area contributed by atoms with Crippen molar-refractivity contribution in [1.82, 2.24) is 4.98 Å². The molecule has 3 N–H and O–H groups in total. The van der Waals surface area contributed by atoms with Crippen LogP contribution in [0.4, 0.5) is 5.82 Å². The number of aromatic nitrogens is 1. The molecule has 3 nitrogen and oxygen atoms in total. The molecule has 1 aromatic rings. The minimum absolute atomic E-state index is 0.721. The first-order valence-corrected chi connectivity index (χ1v) is 4.19. The molecule has 0 spiro atoms. The molecule has 0 aromatic carbocycles. The monoisotopic (exact) mass is 165 g/mol. The Morgan fingerprint density at radius 2 is 2.33 bits per heavy atom. The lowest BCUT2D eigenvalue weighted by molar-refractivity contribution is 0.870. The van der Waals surface area contributed by atoms with E-state index in [2.05, 4.69) is 10.3 Å². The minimum Gasteiger partial charge on any atom is -0.370 e. The van der Waals surface area contributed by atoms with E-state index in [1.807, 2.05) is 25.3 Å². The summed E-state index contributed by atoms with van der Waals surface area (Å²) in [5.74, 6) is 0.925. The first-order valence-electron chi connectivity index (χ1n) is 4.19. The molecule has 0 atom stereocenters. The van der Waals surface area contributed by atoms with Gasteiger partial charge in [-0.3, -0.25) is 0 Å². The van der Waals surface area contributed by atoms with Crippen molar-refractivity contribution in [2.24, 2.45) is 5.73 Å². The van der Waals surface area contributed by atoms with Crippen molar-refractivity contribution in [3.05, 3.63) is 23.9 Å². The predicted molar refractivity (Wildman–Crippen MR) is 51.1 cm³/mol. The molecule has 1 aromatic heterocycles. The van der Waals surface area contributed by atoms with Crippen LogP contribution in [0.3, 0.4) is 0 Å². The van der Waals surface area contributed by atoms with Crippen LogP contribution < -0.4 is 11.1 Å². The smallest absolute Gasteiger partial charge is 0.125 e. The SMILES string of the molecule is Cc1ccc(NCCCN)nc1. The second-order valence-corrected chi connectivity index (χ2v) is 2.79. The molecule has 0 amide bonds. The van der Waals surface area contributed by atoms with Crippen LogP contribution >= 0.6 is 0 Å². The van der Waals surface area contributed by atoms with Crippen molar-refractivity contribution in [1.29, 1.82) is 0 Å². The van der Waals surface area contributed by atoms with Crippen LogP contribution in [0, 0.1) is 6.92 Å². The van der Waals surface area contributed by atoms with Gasteiger partial charge < -0.3 is 11.1 Å². The van der Waals surface area contributed by atoms with Crippen molar-refractivity contribution in [2.75, 3.05) is 18.4 Å². The Kier molecular flexibility index (Phi) is 3.54. The first kappa shape index (κ1) is 9.00. The first-order chi connectivity index (χ1) is 5.83. The maximum absolute atomic E-state index is 5.36. The van der Waals surface area contributed by atoms with E-state index in [0.29, 0.717) is 0 Å². The van der Waals surface area contributed by atoms with E-state index < -0.39 is 0 Å². The Morgan fingerprint density at radius 3 is 2.92 bits per heavy atom. The zero-order chi connectivity index (χ0) is 8.81. The zero-order valence-corrected chi connectivity index (χ0v) is 7.38.